The molecule has 0 radical (unpaired) electrons. The van der Waals surface area contributed by atoms with Gasteiger partial charge < -0.3 is 15.1 Å². The molecule has 3 heteroatoms. The quantitative estimate of drug-likeness (QED) is 0.767. The molecule has 0 saturated heterocycles. The van der Waals surface area contributed by atoms with E-state index in [1.54, 1.807) is 13.8 Å². The van der Waals surface area contributed by atoms with Crippen molar-refractivity contribution >= 4 is 5.69 Å². The Balaban J connectivity index is 2.72. The minimum Gasteiger partial charge on any atom is -0.392 e. The zero-order valence-electron chi connectivity index (χ0n) is 9.30. The van der Waals surface area contributed by atoms with Crippen molar-refractivity contribution in [3.8, 4) is 0 Å². The van der Waals surface area contributed by atoms with E-state index in [4.69, 9.17) is 0 Å². The maximum Gasteiger partial charge on any atom is 0.0687 e. The Morgan fingerprint density at radius 2 is 1.47 bits per heavy atom. The van der Waals surface area contributed by atoms with E-state index in [0.717, 1.165) is 5.69 Å². The first kappa shape index (κ1) is 12.0. The first-order valence-corrected chi connectivity index (χ1v) is 5.25. The van der Waals surface area contributed by atoms with Crippen LogP contribution in [0.5, 0.6) is 0 Å². The van der Waals surface area contributed by atoms with Crippen LogP contribution in [0.2, 0.25) is 0 Å². The molecule has 1 aromatic carbocycles. The summed E-state index contributed by atoms with van der Waals surface area (Å²) < 4.78 is 0. The summed E-state index contributed by atoms with van der Waals surface area (Å²) in [7, 11) is 0. The van der Waals surface area contributed by atoms with Crippen LogP contribution < -0.4 is 4.90 Å². The summed E-state index contributed by atoms with van der Waals surface area (Å²) in [6.07, 6.45) is -0.798. The van der Waals surface area contributed by atoms with E-state index in [9.17, 15) is 10.2 Å². The average molecular weight is 209 g/mol. The molecular weight excluding hydrogens is 190 g/mol. The molecule has 0 heterocycles. The fraction of sp³-hybridized carbons (Fsp3) is 0.500. The lowest BCUT2D eigenvalue weighted by atomic mass is 10.2. The summed E-state index contributed by atoms with van der Waals surface area (Å²) in [6, 6.07) is 9.81. The molecule has 1 aromatic rings. The molecule has 0 unspecified atom stereocenters. The van der Waals surface area contributed by atoms with Gasteiger partial charge in [-0.1, -0.05) is 18.2 Å². The molecular formula is C12H19NO2. The number of aliphatic hydroxyl groups excluding tert-OH is 2. The van der Waals surface area contributed by atoms with Crippen LogP contribution in [0, 0.1) is 0 Å². The van der Waals surface area contributed by atoms with Crippen LogP contribution in [0.25, 0.3) is 0 Å². The van der Waals surface area contributed by atoms with Crippen LogP contribution in [-0.4, -0.2) is 35.5 Å². The van der Waals surface area contributed by atoms with E-state index in [1.165, 1.54) is 0 Å². The number of benzene rings is 1. The number of hydrogen-bond acceptors (Lipinski definition) is 3. The van der Waals surface area contributed by atoms with E-state index in [-0.39, 0.29) is 0 Å². The number of para-hydroxylation sites is 1. The lowest BCUT2D eigenvalue weighted by Gasteiger charge is -2.27. The average Bonchev–Trinajstić information content (AvgIpc) is 2.17. The zero-order valence-corrected chi connectivity index (χ0v) is 9.30. The maximum atomic E-state index is 9.37. The van der Waals surface area contributed by atoms with Gasteiger partial charge in [0.2, 0.25) is 0 Å². The van der Waals surface area contributed by atoms with Gasteiger partial charge in [-0.25, -0.2) is 0 Å². The highest BCUT2D eigenvalue weighted by atomic mass is 16.3. The minimum absolute atomic E-state index is 0.399. The van der Waals surface area contributed by atoms with Crippen LogP contribution in [-0.2, 0) is 0 Å². The highest BCUT2D eigenvalue weighted by molar-refractivity contribution is 5.46. The van der Waals surface area contributed by atoms with Gasteiger partial charge >= 0.3 is 0 Å². The van der Waals surface area contributed by atoms with E-state index in [2.05, 4.69) is 0 Å². The van der Waals surface area contributed by atoms with Gasteiger partial charge in [0.05, 0.1) is 12.2 Å². The molecule has 0 bridgehead atoms. The monoisotopic (exact) mass is 209 g/mol. The molecule has 0 spiro atoms. The van der Waals surface area contributed by atoms with Gasteiger partial charge in [0.15, 0.2) is 0 Å². The van der Waals surface area contributed by atoms with Crippen molar-refractivity contribution in [3.63, 3.8) is 0 Å². The second-order valence-electron chi connectivity index (χ2n) is 3.94. The van der Waals surface area contributed by atoms with Gasteiger partial charge in [-0.2, -0.15) is 0 Å². The van der Waals surface area contributed by atoms with Crippen LogP contribution in [0.1, 0.15) is 13.8 Å². The van der Waals surface area contributed by atoms with Gasteiger partial charge in [0.25, 0.3) is 0 Å². The summed E-state index contributed by atoms with van der Waals surface area (Å²) in [5.41, 5.74) is 1.03. The fourth-order valence-electron chi connectivity index (χ4n) is 1.56. The molecule has 2 atom stereocenters. The van der Waals surface area contributed by atoms with Crippen molar-refractivity contribution in [2.24, 2.45) is 0 Å². The molecule has 0 aliphatic rings. The predicted octanol–water partition coefficient (Wildman–Crippen LogP) is 1.25. The number of anilines is 1. The highest BCUT2D eigenvalue weighted by Gasteiger charge is 2.11. The summed E-state index contributed by atoms with van der Waals surface area (Å²) in [5, 5.41) is 18.7. The van der Waals surface area contributed by atoms with Crippen LogP contribution >= 0.6 is 0 Å². The molecule has 1 rings (SSSR count). The largest absolute Gasteiger partial charge is 0.392 e. The molecule has 3 nitrogen and oxygen atoms in total. The number of rotatable bonds is 5. The Bertz CT molecular complexity index is 262. The van der Waals surface area contributed by atoms with E-state index >= 15 is 0 Å². The third kappa shape index (κ3) is 4.32. The van der Waals surface area contributed by atoms with Crippen molar-refractivity contribution in [1.82, 2.24) is 0 Å². The third-order valence-corrected chi connectivity index (χ3v) is 2.09. The molecule has 0 fully saturated rings. The standard InChI is InChI=1S/C12H19NO2/c1-10(14)8-13(9-11(2)15)12-6-4-3-5-7-12/h3-7,10-11,14-15H,8-9H2,1-2H3/t10-,11-/m1/s1. The lowest BCUT2D eigenvalue weighted by molar-refractivity contribution is 0.178. The van der Waals surface area contributed by atoms with Crippen molar-refractivity contribution in [2.75, 3.05) is 18.0 Å². The minimum atomic E-state index is -0.399. The van der Waals surface area contributed by atoms with Crippen LogP contribution in [0.4, 0.5) is 5.69 Å². The highest BCUT2D eigenvalue weighted by Crippen LogP contribution is 2.13. The van der Waals surface area contributed by atoms with Gasteiger partial charge in [0, 0.05) is 18.8 Å². The molecule has 84 valence electrons. The number of hydrogen-bond donors (Lipinski definition) is 2. The first-order valence-electron chi connectivity index (χ1n) is 5.25. The normalized spacial score (nSPS) is 14.7. The van der Waals surface area contributed by atoms with E-state index < -0.39 is 12.2 Å². The van der Waals surface area contributed by atoms with Gasteiger partial charge in [-0.15, -0.1) is 0 Å². The van der Waals surface area contributed by atoms with E-state index in [1.807, 2.05) is 35.2 Å². The second-order valence-corrected chi connectivity index (χ2v) is 3.94. The summed E-state index contributed by atoms with van der Waals surface area (Å²) in [4.78, 5) is 1.98. The molecule has 0 amide bonds. The van der Waals surface area contributed by atoms with Gasteiger partial charge in [-0.3, -0.25) is 0 Å². The smallest absolute Gasteiger partial charge is 0.0687 e. The SMILES string of the molecule is C[C@@H](O)CN(C[C@@H](C)O)c1ccccc1. The van der Waals surface area contributed by atoms with Crippen molar-refractivity contribution in [1.29, 1.82) is 0 Å². The molecule has 15 heavy (non-hydrogen) atoms. The zero-order chi connectivity index (χ0) is 11.3. The van der Waals surface area contributed by atoms with Gasteiger partial charge in [0.1, 0.15) is 0 Å². The lowest BCUT2D eigenvalue weighted by Crippen LogP contribution is -2.36. The Kier molecular flexibility index (Phi) is 4.59. The van der Waals surface area contributed by atoms with Crippen LogP contribution in [0.15, 0.2) is 30.3 Å². The van der Waals surface area contributed by atoms with Gasteiger partial charge in [-0.05, 0) is 26.0 Å². The predicted molar refractivity (Wildman–Crippen MR) is 62.0 cm³/mol. The van der Waals surface area contributed by atoms with Crippen molar-refractivity contribution < 1.29 is 10.2 Å². The summed E-state index contributed by atoms with van der Waals surface area (Å²) >= 11 is 0. The van der Waals surface area contributed by atoms with E-state index in [0.29, 0.717) is 13.1 Å². The Morgan fingerprint density at radius 3 is 1.87 bits per heavy atom. The molecule has 0 aliphatic heterocycles. The topological polar surface area (TPSA) is 43.7 Å². The fourth-order valence-corrected chi connectivity index (χ4v) is 1.56. The van der Waals surface area contributed by atoms with Crippen molar-refractivity contribution in [2.45, 2.75) is 26.1 Å². The molecule has 0 aliphatic carbocycles. The Hall–Kier alpha value is -1.06. The first-order chi connectivity index (χ1) is 7.09. The van der Waals surface area contributed by atoms with Crippen molar-refractivity contribution in [3.05, 3.63) is 30.3 Å². The second kappa shape index (κ2) is 5.73. The van der Waals surface area contributed by atoms with Crippen LogP contribution in [0.3, 0.4) is 0 Å². The Labute approximate surface area is 91.0 Å². The molecule has 0 saturated carbocycles. The Morgan fingerprint density at radius 1 is 1.00 bits per heavy atom. The summed E-state index contributed by atoms with van der Waals surface area (Å²) in [5.74, 6) is 0. The maximum absolute atomic E-state index is 9.37. The number of nitrogens with zero attached hydrogens (tertiary/aromatic N) is 1. The summed E-state index contributed by atoms with van der Waals surface area (Å²) in [6.45, 7) is 4.57. The number of aliphatic hydroxyl groups is 2. The molecule has 0 aromatic heterocycles. The molecule has 2 N–H and O–H groups in total. The third-order valence-electron chi connectivity index (χ3n) is 2.09.